The molecule has 0 saturated carbocycles. The van der Waals surface area contributed by atoms with E-state index in [1.165, 1.54) is 24.5 Å². The van der Waals surface area contributed by atoms with E-state index in [1.54, 1.807) is 23.6 Å². The highest BCUT2D eigenvalue weighted by Gasteiger charge is 2.28. The number of rotatable bonds is 5. The Kier molecular flexibility index (Phi) is 4.48. The molecule has 128 valence electrons. The Morgan fingerprint density at radius 2 is 2.04 bits per heavy atom. The molecule has 1 aromatic carbocycles. The minimum Gasteiger partial charge on any atom is -0.465 e. The van der Waals surface area contributed by atoms with Gasteiger partial charge in [-0.15, -0.1) is 11.3 Å². The highest BCUT2D eigenvalue weighted by atomic mass is 32.2. The van der Waals surface area contributed by atoms with E-state index in [-0.39, 0.29) is 23.1 Å². The first-order valence-electron chi connectivity index (χ1n) is 6.94. The average molecular weight is 369 g/mol. The van der Waals surface area contributed by atoms with Crippen LogP contribution in [-0.2, 0) is 21.3 Å². The minimum atomic E-state index is -3.82. The zero-order chi connectivity index (χ0) is 17.3. The number of carbonyl (C=O) groups excluding carboxylic acids is 1. The van der Waals surface area contributed by atoms with E-state index in [4.69, 9.17) is 9.47 Å². The number of sulfonamides is 1. The lowest BCUT2D eigenvalue weighted by Crippen LogP contribution is -2.27. The average Bonchev–Trinajstić information content (AvgIpc) is 3.22. The molecule has 2 heterocycles. The van der Waals surface area contributed by atoms with Crippen molar-refractivity contribution in [3.63, 3.8) is 0 Å². The molecular formula is C15H15NO6S2. The molecule has 0 bridgehead atoms. The Labute approximate surface area is 143 Å². The smallest absolute Gasteiger partial charge is 0.349 e. The zero-order valence-corrected chi connectivity index (χ0v) is 14.6. The fourth-order valence-corrected chi connectivity index (χ4v) is 4.75. The lowest BCUT2D eigenvalue weighted by Gasteiger charge is -2.17. The first-order valence-corrected chi connectivity index (χ1v) is 9.26. The van der Waals surface area contributed by atoms with Crippen molar-refractivity contribution in [1.29, 1.82) is 0 Å². The van der Waals surface area contributed by atoms with Crippen LogP contribution in [0.15, 0.2) is 34.5 Å². The Morgan fingerprint density at radius 1 is 1.29 bits per heavy atom. The Morgan fingerprint density at radius 3 is 2.79 bits per heavy atom. The van der Waals surface area contributed by atoms with Crippen LogP contribution >= 0.6 is 11.3 Å². The van der Waals surface area contributed by atoms with Crippen LogP contribution in [0.5, 0.6) is 11.5 Å². The van der Waals surface area contributed by atoms with Gasteiger partial charge in [0.1, 0.15) is 9.77 Å². The second kappa shape index (κ2) is 6.42. The SMILES string of the molecule is COC(=O)c1sccc1S(=O)(=O)N(C)Cc1ccc2c(c1)OCO2. The lowest BCUT2D eigenvalue weighted by atomic mass is 10.2. The summed E-state index contributed by atoms with van der Waals surface area (Å²) in [5.41, 5.74) is 0.750. The maximum atomic E-state index is 12.7. The molecule has 0 unspecified atom stereocenters. The number of nitrogens with zero attached hydrogens (tertiary/aromatic N) is 1. The molecule has 0 amide bonds. The van der Waals surface area contributed by atoms with Gasteiger partial charge >= 0.3 is 5.97 Å². The Hall–Kier alpha value is -2.10. The van der Waals surface area contributed by atoms with E-state index >= 15 is 0 Å². The molecule has 0 saturated heterocycles. The van der Waals surface area contributed by atoms with E-state index in [0.29, 0.717) is 11.5 Å². The zero-order valence-electron chi connectivity index (χ0n) is 13.0. The van der Waals surface area contributed by atoms with Crippen molar-refractivity contribution in [3.8, 4) is 11.5 Å². The summed E-state index contributed by atoms with van der Waals surface area (Å²) in [6.45, 7) is 0.291. The minimum absolute atomic E-state index is 0.0532. The second-order valence-corrected chi connectivity index (χ2v) is 7.98. The molecule has 9 heteroatoms. The molecule has 0 N–H and O–H groups in total. The molecule has 2 aromatic rings. The van der Waals surface area contributed by atoms with Crippen LogP contribution in [0.2, 0.25) is 0 Å². The van der Waals surface area contributed by atoms with Crippen LogP contribution in [-0.4, -0.2) is 39.6 Å². The number of thiophene rings is 1. The van der Waals surface area contributed by atoms with Crippen LogP contribution < -0.4 is 9.47 Å². The maximum absolute atomic E-state index is 12.7. The molecule has 24 heavy (non-hydrogen) atoms. The molecule has 0 aliphatic carbocycles. The van der Waals surface area contributed by atoms with E-state index < -0.39 is 16.0 Å². The third kappa shape index (κ3) is 2.97. The van der Waals surface area contributed by atoms with Crippen molar-refractivity contribution in [3.05, 3.63) is 40.1 Å². The van der Waals surface area contributed by atoms with Gasteiger partial charge in [0.25, 0.3) is 0 Å². The predicted octanol–water partition coefficient (Wildman–Crippen LogP) is 2.08. The molecule has 1 aromatic heterocycles. The predicted molar refractivity (Wildman–Crippen MR) is 86.9 cm³/mol. The summed E-state index contributed by atoms with van der Waals surface area (Å²) in [7, 11) is -1.15. The highest BCUT2D eigenvalue weighted by Crippen LogP contribution is 2.33. The van der Waals surface area contributed by atoms with Gasteiger partial charge in [0.15, 0.2) is 11.5 Å². The molecule has 1 aliphatic heterocycles. The highest BCUT2D eigenvalue weighted by molar-refractivity contribution is 7.89. The molecule has 7 nitrogen and oxygen atoms in total. The monoisotopic (exact) mass is 369 g/mol. The molecule has 3 rings (SSSR count). The van der Waals surface area contributed by atoms with Crippen LogP contribution in [0.4, 0.5) is 0 Å². The van der Waals surface area contributed by atoms with E-state index in [9.17, 15) is 13.2 Å². The van der Waals surface area contributed by atoms with Crippen molar-refractivity contribution in [2.75, 3.05) is 21.0 Å². The van der Waals surface area contributed by atoms with Crippen LogP contribution in [0.3, 0.4) is 0 Å². The van der Waals surface area contributed by atoms with Gasteiger partial charge in [-0.05, 0) is 29.1 Å². The summed E-state index contributed by atoms with van der Waals surface area (Å²) in [5.74, 6) is 0.555. The van der Waals surface area contributed by atoms with Gasteiger partial charge in [-0.1, -0.05) is 6.07 Å². The van der Waals surface area contributed by atoms with Crippen molar-refractivity contribution >= 4 is 27.3 Å². The van der Waals surface area contributed by atoms with Gasteiger partial charge in [-0.2, -0.15) is 4.31 Å². The number of fused-ring (bicyclic) bond motifs is 1. The van der Waals surface area contributed by atoms with E-state index in [2.05, 4.69) is 4.74 Å². The van der Waals surface area contributed by atoms with Crippen molar-refractivity contribution in [2.24, 2.45) is 0 Å². The number of hydrogen-bond donors (Lipinski definition) is 0. The number of benzene rings is 1. The fraction of sp³-hybridized carbons (Fsp3) is 0.267. The molecular weight excluding hydrogens is 354 g/mol. The van der Waals surface area contributed by atoms with Crippen molar-refractivity contribution in [2.45, 2.75) is 11.4 Å². The standard InChI is InChI=1S/C15H15NO6S2/c1-16(8-10-3-4-11-12(7-10)22-9-21-11)24(18,19)13-5-6-23-14(13)15(17)20-2/h3-7H,8-9H2,1-2H3. The molecule has 0 atom stereocenters. The summed E-state index contributed by atoms with van der Waals surface area (Å²) in [5, 5.41) is 1.55. The number of hydrogen-bond acceptors (Lipinski definition) is 7. The van der Waals surface area contributed by atoms with E-state index in [0.717, 1.165) is 16.9 Å². The van der Waals surface area contributed by atoms with Crippen LogP contribution in [0, 0.1) is 0 Å². The summed E-state index contributed by atoms with van der Waals surface area (Å²) in [6.07, 6.45) is 0. The quantitative estimate of drug-likeness (QED) is 0.751. The van der Waals surface area contributed by atoms with Gasteiger partial charge in [0.05, 0.1) is 7.11 Å². The summed E-state index contributed by atoms with van der Waals surface area (Å²) in [4.78, 5) is 11.7. The Balaban J connectivity index is 1.85. The normalized spacial score (nSPS) is 13.3. The van der Waals surface area contributed by atoms with Crippen molar-refractivity contribution in [1.82, 2.24) is 4.31 Å². The third-order valence-corrected chi connectivity index (χ3v) is 6.40. The maximum Gasteiger partial charge on any atom is 0.349 e. The number of carbonyl (C=O) groups is 1. The van der Waals surface area contributed by atoms with Gasteiger partial charge in [-0.25, -0.2) is 13.2 Å². The third-order valence-electron chi connectivity index (χ3n) is 3.53. The number of ether oxygens (including phenoxy) is 3. The fourth-order valence-electron chi connectivity index (χ4n) is 2.29. The lowest BCUT2D eigenvalue weighted by molar-refractivity contribution is 0.0602. The van der Waals surface area contributed by atoms with Gasteiger partial charge < -0.3 is 14.2 Å². The largest absolute Gasteiger partial charge is 0.465 e. The number of esters is 1. The first kappa shape index (κ1) is 16.7. The van der Waals surface area contributed by atoms with Gasteiger partial charge in [0, 0.05) is 13.6 Å². The van der Waals surface area contributed by atoms with Crippen LogP contribution in [0.1, 0.15) is 15.2 Å². The summed E-state index contributed by atoms with van der Waals surface area (Å²) < 4.78 is 41.8. The molecule has 0 fully saturated rings. The molecule has 1 aliphatic rings. The molecule has 0 spiro atoms. The van der Waals surface area contributed by atoms with Crippen molar-refractivity contribution < 1.29 is 27.4 Å². The van der Waals surface area contributed by atoms with Crippen LogP contribution in [0.25, 0.3) is 0 Å². The first-order chi connectivity index (χ1) is 11.4. The number of methoxy groups -OCH3 is 1. The Bertz CT molecular complexity index is 874. The topological polar surface area (TPSA) is 82.1 Å². The summed E-state index contributed by atoms with van der Waals surface area (Å²) >= 11 is 1.03. The van der Waals surface area contributed by atoms with Gasteiger partial charge in [0.2, 0.25) is 16.8 Å². The van der Waals surface area contributed by atoms with E-state index in [1.807, 2.05) is 0 Å². The summed E-state index contributed by atoms with van der Waals surface area (Å²) in [6, 6.07) is 6.66. The molecule has 0 radical (unpaired) electrons. The second-order valence-electron chi connectivity index (χ2n) is 5.05. The van der Waals surface area contributed by atoms with Gasteiger partial charge in [-0.3, -0.25) is 0 Å².